The zero-order valence-corrected chi connectivity index (χ0v) is 9.84. The van der Waals surface area contributed by atoms with Crippen LogP contribution in [0.25, 0.3) is 0 Å². The summed E-state index contributed by atoms with van der Waals surface area (Å²) in [5.74, 6) is 0.788. The Hall–Kier alpha value is -2.17. The van der Waals surface area contributed by atoms with Crippen LogP contribution >= 0.6 is 0 Å². The van der Waals surface area contributed by atoms with Crippen molar-refractivity contribution in [2.24, 2.45) is 0 Å². The van der Waals surface area contributed by atoms with Crippen LogP contribution in [-0.2, 0) is 6.54 Å². The largest absolute Gasteiger partial charge is 0.373 e. The van der Waals surface area contributed by atoms with Crippen LogP contribution in [0.15, 0.2) is 35.4 Å². The molecule has 0 spiro atoms. The number of nitrogens with zero attached hydrogens (tertiary/aromatic N) is 3. The maximum Gasteiger partial charge on any atom is 0.253 e. The fraction of sp³-hybridized carbons (Fsp3) is 0.250. The summed E-state index contributed by atoms with van der Waals surface area (Å²) < 4.78 is 1.54. The van der Waals surface area contributed by atoms with E-state index in [0.717, 1.165) is 17.2 Å². The summed E-state index contributed by atoms with van der Waals surface area (Å²) in [5, 5.41) is 2.96. The lowest BCUT2D eigenvalue weighted by atomic mass is 10.3. The van der Waals surface area contributed by atoms with Crippen LogP contribution in [0.2, 0.25) is 0 Å². The fourth-order valence-electron chi connectivity index (χ4n) is 1.52. The molecular weight excluding hydrogens is 216 g/mol. The minimum Gasteiger partial charge on any atom is -0.373 e. The molecule has 0 amide bonds. The van der Waals surface area contributed by atoms with E-state index in [4.69, 9.17) is 0 Å². The van der Waals surface area contributed by atoms with Crippen LogP contribution in [0.5, 0.6) is 0 Å². The highest BCUT2D eigenvalue weighted by atomic mass is 16.1. The molecule has 0 unspecified atom stereocenters. The number of anilines is 1. The SMILES string of the molecule is CNc1cccc(Cn2cnc(C)cc2=O)n1. The van der Waals surface area contributed by atoms with Crippen molar-refractivity contribution in [3.05, 3.63) is 52.3 Å². The third-order valence-corrected chi connectivity index (χ3v) is 2.41. The number of rotatable bonds is 3. The zero-order chi connectivity index (χ0) is 12.3. The maximum atomic E-state index is 11.7. The molecule has 88 valence electrons. The molecule has 2 aromatic rings. The van der Waals surface area contributed by atoms with Crippen molar-refractivity contribution in [1.82, 2.24) is 14.5 Å². The Labute approximate surface area is 99.2 Å². The first-order valence-corrected chi connectivity index (χ1v) is 5.36. The molecule has 1 N–H and O–H groups in total. The Balaban J connectivity index is 2.28. The van der Waals surface area contributed by atoms with Gasteiger partial charge in [-0.15, -0.1) is 0 Å². The molecule has 0 saturated heterocycles. The molecule has 2 rings (SSSR count). The average molecular weight is 230 g/mol. The van der Waals surface area contributed by atoms with Crippen molar-refractivity contribution >= 4 is 5.82 Å². The van der Waals surface area contributed by atoms with E-state index in [1.165, 1.54) is 10.6 Å². The Kier molecular flexibility index (Phi) is 3.18. The average Bonchev–Trinajstić information content (AvgIpc) is 2.33. The molecule has 0 bridgehead atoms. The minimum absolute atomic E-state index is 0.0610. The van der Waals surface area contributed by atoms with E-state index >= 15 is 0 Å². The van der Waals surface area contributed by atoms with E-state index in [0.29, 0.717) is 6.54 Å². The van der Waals surface area contributed by atoms with Crippen LogP contribution in [0.3, 0.4) is 0 Å². The second kappa shape index (κ2) is 4.78. The van der Waals surface area contributed by atoms with Crippen molar-refractivity contribution < 1.29 is 0 Å². The second-order valence-electron chi connectivity index (χ2n) is 3.76. The Morgan fingerprint density at radius 2 is 2.24 bits per heavy atom. The van der Waals surface area contributed by atoms with Gasteiger partial charge in [-0.25, -0.2) is 9.97 Å². The van der Waals surface area contributed by atoms with Crippen molar-refractivity contribution in [2.45, 2.75) is 13.5 Å². The third-order valence-electron chi connectivity index (χ3n) is 2.41. The first-order valence-electron chi connectivity index (χ1n) is 5.36. The van der Waals surface area contributed by atoms with Crippen molar-refractivity contribution in [3.8, 4) is 0 Å². The Morgan fingerprint density at radius 3 is 2.94 bits per heavy atom. The van der Waals surface area contributed by atoms with Crippen LogP contribution < -0.4 is 10.9 Å². The number of nitrogens with one attached hydrogen (secondary N) is 1. The van der Waals surface area contributed by atoms with E-state index in [1.54, 1.807) is 13.3 Å². The monoisotopic (exact) mass is 230 g/mol. The fourth-order valence-corrected chi connectivity index (χ4v) is 1.52. The summed E-state index contributed by atoms with van der Waals surface area (Å²) in [4.78, 5) is 20.1. The summed E-state index contributed by atoms with van der Waals surface area (Å²) in [5.41, 5.74) is 1.49. The van der Waals surface area contributed by atoms with Crippen molar-refractivity contribution in [3.63, 3.8) is 0 Å². The van der Waals surface area contributed by atoms with Gasteiger partial charge in [0.05, 0.1) is 18.6 Å². The van der Waals surface area contributed by atoms with E-state index in [2.05, 4.69) is 15.3 Å². The summed E-state index contributed by atoms with van der Waals surface area (Å²) in [6.45, 7) is 2.23. The number of hydrogen-bond acceptors (Lipinski definition) is 4. The van der Waals surface area contributed by atoms with Gasteiger partial charge in [-0.1, -0.05) is 6.07 Å². The minimum atomic E-state index is -0.0610. The quantitative estimate of drug-likeness (QED) is 0.855. The van der Waals surface area contributed by atoms with Crippen LogP contribution in [-0.4, -0.2) is 21.6 Å². The van der Waals surface area contributed by atoms with Gasteiger partial charge in [0, 0.05) is 18.8 Å². The molecule has 2 heterocycles. The zero-order valence-electron chi connectivity index (χ0n) is 9.84. The molecule has 5 nitrogen and oxygen atoms in total. The van der Waals surface area contributed by atoms with Gasteiger partial charge in [0.15, 0.2) is 0 Å². The summed E-state index contributed by atoms with van der Waals surface area (Å²) in [6, 6.07) is 7.18. The highest BCUT2D eigenvalue weighted by molar-refractivity contribution is 5.34. The van der Waals surface area contributed by atoms with E-state index < -0.39 is 0 Å². The predicted molar refractivity (Wildman–Crippen MR) is 66.1 cm³/mol. The Morgan fingerprint density at radius 1 is 1.41 bits per heavy atom. The highest BCUT2D eigenvalue weighted by Gasteiger charge is 2.01. The predicted octanol–water partition coefficient (Wildman–Crippen LogP) is 1.04. The molecule has 2 aromatic heterocycles. The third kappa shape index (κ3) is 2.69. The van der Waals surface area contributed by atoms with Crippen LogP contribution in [0.1, 0.15) is 11.4 Å². The number of aryl methyl sites for hydroxylation is 1. The second-order valence-corrected chi connectivity index (χ2v) is 3.76. The molecule has 0 aliphatic rings. The van der Waals surface area contributed by atoms with E-state index in [-0.39, 0.29) is 5.56 Å². The molecule has 0 aliphatic heterocycles. The summed E-state index contributed by atoms with van der Waals surface area (Å²) >= 11 is 0. The smallest absolute Gasteiger partial charge is 0.253 e. The lowest BCUT2D eigenvalue weighted by molar-refractivity contribution is 0.714. The number of aromatic nitrogens is 3. The van der Waals surface area contributed by atoms with Crippen LogP contribution in [0.4, 0.5) is 5.82 Å². The van der Waals surface area contributed by atoms with Gasteiger partial charge in [-0.2, -0.15) is 0 Å². The maximum absolute atomic E-state index is 11.7. The van der Waals surface area contributed by atoms with Gasteiger partial charge in [0.2, 0.25) is 0 Å². The van der Waals surface area contributed by atoms with E-state index in [1.807, 2.05) is 25.2 Å². The normalized spacial score (nSPS) is 10.2. The molecule has 17 heavy (non-hydrogen) atoms. The van der Waals surface area contributed by atoms with Crippen molar-refractivity contribution in [1.29, 1.82) is 0 Å². The lowest BCUT2D eigenvalue weighted by Gasteiger charge is -2.06. The molecule has 0 saturated carbocycles. The van der Waals surface area contributed by atoms with Gasteiger partial charge in [-0.05, 0) is 19.1 Å². The molecule has 5 heteroatoms. The first kappa shape index (κ1) is 11.3. The van der Waals surface area contributed by atoms with Gasteiger partial charge < -0.3 is 5.32 Å². The highest BCUT2D eigenvalue weighted by Crippen LogP contribution is 2.04. The molecule has 0 radical (unpaired) electrons. The first-order chi connectivity index (χ1) is 8.19. The number of pyridine rings is 1. The summed E-state index contributed by atoms with van der Waals surface area (Å²) in [6.07, 6.45) is 1.55. The number of hydrogen-bond donors (Lipinski definition) is 1. The molecule has 0 aliphatic carbocycles. The van der Waals surface area contributed by atoms with Gasteiger partial charge in [0.1, 0.15) is 5.82 Å². The van der Waals surface area contributed by atoms with Gasteiger partial charge in [-0.3, -0.25) is 9.36 Å². The van der Waals surface area contributed by atoms with Crippen LogP contribution in [0, 0.1) is 6.92 Å². The summed E-state index contributed by atoms with van der Waals surface area (Å²) in [7, 11) is 1.81. The van der Waals surface area contributed by atoms with Gasteiger partial charge >= 0.3 is 0 Å². The lowest BCUT2D eigenvalue weighted by Crippen LogP contribution is -2.21. The molecule has 0 atom stereocenters. The Bertz CT molecular complexity index is 577. The molecule has 0 aromatic carbocycles. The standard InChI is InChI=1S/C12H14N4O/c1-9-6-12(17)16(8-14-9)7-10-4-3-5-11(13-2)15-10/h3-6,8H,7H2,1-2H3,(H,13,15). The topological polar surface area (TPSA) is 59.8 Å². The van der Waals surface area contributed by atoms with Crippen molar-refractivity contribution in [2.75, 3.05) is 12.4 Å². The molecule has 0 fully saturated rings. The molecular formula is C12H14N4O. The van der Waals surface area contributed by atoms with Gasteiger partial charge in [0.25, 0.3) is 5.56 Å². The van der Waals surface area contributed by atoms with E-state index in [9.17, 15) is 4.79 Å².